The number of aryl methyl sites for hydroxylation is 1. The van der Waals surface area contributed by atoms with Crippen LogP contribution in [0.3, 0.4) is 0 Å². The summed E-state index contributed by atoms with van der Waals surface area (Å²) < 4.78 is 45.6. The van der Waals surface area contributed by atoms with Crippen LogP contribution in [0.5, 0.6) is 11.5 Å². The van der Waals surface area contributed by atoms with Crippen LogP contribution in [-0.2, 0) is 17.4 Å². The summed E-state index contributed by atoms with van der Waals surface area (Å²) in [7, 11) is 1.10. The first-order valence-corrected chi connectivity index (χ1v) is 11.7. The normalized spacial score (nSPS) is 23.4. The van der Waals surface area contributed by atoms with Crippen LogP contribution in [0.4, 0.5) is 18.9 Å². The molecule has 4 aliphatic carbocycles. The van der Waals surface area contributed by atoms with E-state index in [1.54, 1.807) is 18.2 Å². The predicted molar refractivity (Wildman–Crippen MR) is 124 cm³/mol. The summed E-state index contributed by atoms with van der Waals surface area (Å²) in [6, 6.07) is 7.75. The molecule has 0 heterocycles. The lowest BCUT2D eigenvalue weighted by Crippen LogP contribution is -2.34. The first-order valence-electron chi connectivity index (χ1n) is 11.7. The highest BCUT2D eigenvalue weighted by atomic mass is 19.4. The van der Waals surface area contributed by atoms with Crippen LogP contribution < -0.4 is 4.74 Å². The van der Waals surface area contributed by atoms with E-state index in [1.165, 1.54) is 0 Å². The number of halogens is 3. The van der Waals surface area contributed by atoms with Crippen LogP contribution >= 0.6 is 0 Å². The third-order valence-electron chi connectivity index (χ3n) is 7.44. The Morgan fingerprint density at radius 2 is 1.94 bits per heavy atom. The molecule has 4 aliphatic rings. The summed E-state index contributed by atoms with van der Waals surface area (Å²) in [6.07, 6.45) is 0.843. The second kappa shape index (κ2) is 8.36. The lowest BCUT2D eigenvalue weighted by Gasteiger charge is -2.39. The topological polar surface area (TPSA) is 66.6 Å². The average molecular weight is 484 g/mol. The van der Waals surface area contributed by atoms with Crippen molar-refractivity contribution in [1.82, 2.24) is 0 Å². The van der Waals surface area contributed by atoms with E-state index in [2.05, 4.69) is 6.08 Å². The van der Waals surface area contributed by atoms with Crippen LogP contribution in [0, 0.1) is 22.7 Å². The molecule has 5 nitrogen and oxygen atoms in total. The number of hydrogen-bond donors (Lipinski definition) is 1. The molecule has 1 N–H and O–H groups in total. The SMILES string of the molecule is CCc1ccc(Oc2ccc(C(F)(F)F)cc2[N+](C)=O)cc1C1=C(O)C2C(C1=O)C1=CC[C@@H]2CC1. The molecule has 2 aromatic rings. The van der Waals surface area contributed by atoms with Gasteiger partial charge in [0.15, 0.2) is 12.8 Å². The van der Waals surface area contributed by atoms with Gasteiger partial charge in [-0.05, 0) is 67.0 Å². The molecule has 0 aromatic heterocycles. The van der Waals surface area contributed by atoms with Gasteiger partial charge in [-0.3, -0.25) is 4.79 Å². The highest BCUT2D eigenvalue weighted by Crippen LogP contribution is 2.55. The van der Waals surface area contributed by atoms with E-state index in [1.807, 2.05) is 6.92 Å². The molecular formula is C27H25F3NO4+. The molecule has 8 heteroatoms. The first-order chi connectivity index (χ1) is 16.6. The molecule has 0 spiro atoms. The number of Topliss-reactive ketones (excluding diaryl/α,β-unsaturated/α-hetero) is 1. The van der Waals surface area contributed by atoms with Crippen molar-refractivity contribution in [2.75, 3.05) is 7.05 Å². The standard InChI is InChI=1S/C27H24F3NO4/c1-3-14-8-10-18(35-21-11-9-17(27(28,29)30)12-20(21)31(2)34)13-19(14)24-25(32)22-15-4-5-16(7-6-15)23(22)26(24)33/h4,8-13,16,22-23H,3,5-7H2,1-2H3/p+1/t16-,22?,23?/m1/s1. The van der Waals surface area contributed by atoms with Gasteiger partial charge in [0.2, 0.25) is 5.75 Å². The zero-order chi connectivity index (χ0) is 25.1. The molecule has 1 saturated carbocycles. The van der Waals surface area contributed by atoms with Gasteiger partial charge in [-0.15, -0.1) is 0 Å². The van der Waals surface area contributed by atoms with Crippen LogP contribution in [0.25, 0.3) is 5.57 Å². The summed E-state index contributed by atoms with van der Waals surface area (Å²) in [5.41, 5.74) is 1.59. The van der Waals surface area contributed by atoms with Gasteiger partial charge in [0.1, 0.15) is 11.5 Å². The molecule has 0 amide bonds. The summed E-state index contributed by atoms with van der Waals surface area (Å²) in [5, 5.41) is 11.2. The monoisotopic (exact) mass is 484 g/mol. The Morgan fingerprint density at radius 3 is 2.54 bits per heavy atom. The number of aliphatic hydroxyl groups excluding tert-OH is 1. The van der Waals surface area contributed by atoms with E-state index in [0.29, 0.717) is 22.3 Å². The van der Waals surface area contributed by atoms with Gasteiger partial charge in [0.25, 0.3) is 5.69 Å². The number of alkyl halides is 3. The molecule has 2 unspecified atom stereocenters. The molecule has 0 radical (unpaired) electrons. The Balaban J connectivity index is 1.55. The van der Waals surface area contributed by atoms with Gasteiger partial charge in [-0.2, -0.15) is 13.2 Å². The highest BCUT2D eigenvalue weighted by Gasteiger charge is 2.51. The van der Waals surface area contributed by atoms with Crippen molar-refractivity contribution >= 4 is 17.0 Å². The van der Waals surface area contributed by atoms with E-state index in [4.69, 9.17) is 4.74 Å². The average Bonchev–Trinajstić information content (AvgIpc) is 3.11. The zero-order valence-corrected chi connectivity index (χ0v) is 19.4. The number of benzene rings is 2. The van der Waals surface area contributed by atoms with Crippen molar-refractivity contribution in [1.29, 1.82) is 0 Å². The number of carbonyl (C=O) groups excluding carboxylic acids is 1. The molecule has 0 aliphatic heterocycles. The van der Waals surface area contributed by atoms with Crippen LogP contribution in [-0.4, -0.2) is 22.7 Å². The lowest BCUT2D eigenvalue weighted by atomic mass is 9.64. The maximum Gasteiger partial charge on any atom is 0.416 e. The number of nitrogens with zero attached hydrogens (tertiary/aromatic N) is 1. The molecule has 1 fully saturated rings. The third kappa shape index (κ3) is 3.85. The molecule has 35 heavy (non-hydrogen) atoms. The summed E-state index contributed by atoms with van der Waals surface area (Å²) in [4.78, 5) is 25.5. The third-order valence-corrected chi connectivity index (χ3v) is 7.44. The number of hydrogen-bond acceptors (Lipinski definition) is 4. The van der Waals surface area contributed by atoms with E-state index >= 15 is 0 Å². The smallest absolute Gasteiger partial charge is 0.416 e. The number of allylic oxidation sites excluding steroid dienone is 4. The molecule has 6 rings (SSSR count). The Kier molecular flexibility index (Phi) is 5.57. The number of fused-ring (bicyclic) bond motifs is 2. The van der Waals surface area contributed by atoms with Crippen molar-refractivity contribution < 1.29 is 32.6 Å². The number of ether oxygens (including phenoxy) is 1. The Morgan fingerprint density at radius 1 is 1.17 bits per heavy atom. The lowest BCUT2D eigenvalue weighted by molar-refractivity contribution is -0.429. The minimum atomic E-state index is -4.60. The second-order valence-electron chi connectivity index (χ2n) is 9.39. The van der Waals surface area contributed by atoms with Gasteiger partial charge in [-0.25, -0.2) is 0 Å². The van der Waals surface area contributed by atoms with E-state index < -0.39 is 11.7 Å². The highest BCUT2D eigenvalue weighted by molar-refractivity contribution is 6.26. The number of aliphatic hydroxyl groups is 1. The fourth-order valence-electron chi connectivity index (χ4n) is 5.73. The van der Waals surface area contributed by atoms with Crippen molar-refractivity contribution in [3.8, 4) is 11.5 Å². The first kappa shape index (κ1) is 23.3. The van der Waals surface area contributed by atoms with Gasteiger partial charge < -0.3 is 9.84 Å². The summed E-state index contributed by atoms with van der Waals surface area (Å²) >= 11 is 0. The van der Waals surface area contributed by atoms with Gasteiger partial charge in [0, 0.05) is 21.7 Å². The van der Waals surface area contributed by atoms with Crippen LogP contribution in [0.1, 0.15) is 42.9 Å². The molecule has 2 aromatic carbocycles. The van der Waals surface area contributed by atoms with Gasteiger partial charge in [-0.1, -0.05) is 24.6 Å². The van der Waals surface area contributed by atoms with E-state index in [9.17, 15) is 28.0 Å². The van der Waals surface area contributed by atoms with Gasteiger partial charge in [0.05, 0.1) is 17.1 Å². The summed E-state index contributed by atoms with van der Waals surface area (Å²) in [5.74, 6) is -0.0331. The number of rotatable bonds is 5. The Hall–Kier alpha value is -3.42. The number of ketones is 1. The maximum absolute atomic E-state index is 13.5. The Labute approximate surface area is 200 Å². The van der Waals surface area contributed by atoms with Crippen molar-refractivity contribution in [2.24, 2.45) is 17.8 Å². The maximum atomic E-state index is 13.5. The van der Waals surface area contributed by atoms with Crippen molar-refractivity contribution in [3.63, 3.8) is 0 Å². The van der Waals surface area contributed by atoms with Crippen molar-refractivity contribution in [3.05, 3.63) is 75.4 Å². The van der Waals surface area contributed by atoms with Crippen molar-refractivity contribution in [2.45, 2.75) is 38.8 Å². The Bertz CT molecular complexity index is 1310. The number of carbonyl (C=O) groups is 1. The summed E-state index contributed by atoms with van der Waals surface area (Å²) in [6.45, 7) is 1.94. The van der Waals surface area contributed by atoms with Crippen LogP contribution in [0.15, 0.2) is 53.8 Å². The van der Waals surface area contributed by atoms with E-state index in [0.717, 1.165) is 55.6 Å². The molecule has 0 saturated heterocycles. The quantitative estimate of drug-likeness (QED) is 0.369. The van der Waals surface area contributed by atoms with Crippen LogP contribution in [0.2, 0.25) is 0 Å². The molecular weight excluding hydrogens is 459 g/mol. The predicted octanol–water partition coefficient (Wildman–Crippen LogP) is 6.92. The largest absolute Gasteiger partial charge is 0.511 e. The van der Waals surface area contributed by atoms with Gasteiger partial charge >= 0.3 is 6.18 Å². The molecule has 3 atom stereocenters. The van der Waals surface area contributed by atoms with E-state index in [-0.39, 0.29) is 46.5 Å². The fourth-order valence-corrected chi connectivity index (χ4v) is 5.73. The minimum Gasteiger partial charge on any atom is -0.511 e. The minimum absolute atomic E-state index is 0.0430. The molecule has 182 valence electrons. The molecule has 2 bridgehead atoms. The fraction of sp³-hybridized carbons (Fsp3) is 0.370. The zero-order valence-electron chi connectivity index (χ0n) is 19.4. The second-order valence-corrected chi connectivity index (χ2v) is 9.39. The number of nitroso groups, excluding NO2 is 1.